The Hall–Kier alpha value is -3.74. The van der Waals surface area contributed by atoms with E-state index in [0.29, 0.717) is 16.8 Å². The summed E-state index contributed by atoms with van der Waals surface area (Å²) in [4.78, 5) is 10.6. The molecule has 25 heavy (non-hydrogen) atoms. The number of H-pyrrole nitrogens is 1. The minimum absolute atomic E-state index is 0.0656. The summed E-state index contributed by atoms with van der Waals surface area (Å²) in [5.41, 5.74) is 6.85. The lowest BCUT2D eigenvalue weighted by atomic mass is 9.84. The molecule has 0 saturated carbocycles. The Bertz CT molecular complexity index is 956. The number of nitrogens with two attached hydrogens (primary N) is 1. The number of nitriles is 1. The van der Waals surface area contributed by atoms with E-state index >= 15 is 0 Å². The number of hydrogen-bond acceptors (Lipinski definition) is 8. The van der Waals surface area contributed by atoms with E-state index < -0.39 is 22.3 Å². The molecule has 0 saturated heterocycles. The Morgan fingerprint density at radius 2 is 2.28 bits per heavy atom. The molecule has 0 bridgehead atoms. The number of aryl methyl sites for hydroxylation is 1. The van der Waals surface area contributed by atoms with Crippen molar-refractivity contribution in [1.82, 2.24) is 10.2 Å². The number of rotatable bonds is 3. The Labute approximate surface area is 141 Å². The van der Waals surface area contributed by atoms with Crippen molar-refractivity contribution >= 4 is 5.69 Å². The van der Waals surface area contributed by atoms with E-state index in [1.165, 1.54) is 19.2 Å². The number of nitrogens with zero attached hydrogens (tertiary/aromatic N) is 3. The molecule has 0 fully saturated rings. The molecular weight excluding hydrogens is 330 g/mol. The van der Waals surface area contributed by atoms with Crippen LogP contribution in [0.5, 0.6) is 17.4 Å². The van der Waals surface area contributed by atoms with Gasteiger partial charge in [-0.2, -0.15) is 5.26 Å². The van der Waals surface area contributed by atoms with Crippen molar-refractivity contribution in [1.29, 1.82) is 5.26 Å². The Balaban J connectivity index is 2.30. The van der Waals surface area contributed by atoms with Crippen LogP contribution in [0.4, 0.5) is 5.69 Å². The number of benzene rings is 1. The van der Waals surface area contributed by atoms with Crippen molar-refractivity contribution in [3.05, 3.63) is 50.5 Å². The van der Waals surface area contributed by atoms with E-state index in [9.17, 15) is 20.5 Å². The van der Waals surface area contributed by atoms with E-state index in [1.807, 2.05) is 6.07 Å². The van der Waals surface area contributed by atoms with Gasteiger partial charge < -0.3 is 20.3 Å². The number of nitro benzene ring substituents is 1. The first kappa shape index (κ1) is 16.1. The topological polar surface area (TPSA) is 160 Å². The van der Waals surface area contributed by atoms with Crippen LogP contribution in [0.25, 0.3) is 0 Å². The highest BCUT2D eigenvalue weighted by molar-refractivity contribution is 5.63. The van der Waals surface area contributed by atoms with Gasteiger partial charge in [-0.05, 0) is 18.6 Å². The maximum absolute atomic E-state index is 11.3. The maximum atomic E-state index is 11.3. The molecule has 1 aromatic carbocycles. The van der Waals surface area contributed by atoms with Gasteiger partial charge in [-0.15, -0.1) is 5.10 Å². The predicted molar refractivity (Wildman–Crippen MR) is 83.9 cm³/mol. The molecule has 0 radical (unpaired) electrons. The van der Waals surface area contributed by atoms with Crippen molar-refractivity contribution < 1.29 is 19.5 Å². The number of aromatic hydroxyl groups is 1. The second kappa shape index (κ2) is 5.72. The third-order valence-corrected chi connectivity index (χ3v) is 3.94. The normalized spacial score (nSPS) is 16.0. The van der Waals surface area contributed by atoms with Crippen molar-refractivity contribution in [3.63, 3.8) is 0 Å². The number of nitrogens with one attached hydrogen (secondary N) is 1. The van der Waals surface area contributed by atoms with Crippen LogP contribution in [0.1, 0.15) is 22.7 Å². The molecule has 10 heteroatoms. The number of fused-ring (bicyclic) bond motifs is 1. The average molecular weight is 343 g/mol. The van der Waals surface area contributed by atoms with Crippen LogP contribution in [0, 0.1) is 28.4 Å². The number of aromatic amines is 1. The van der Waals surface area contributed by atoms with Gasteiger partial charge in [0.2, 0.25) is 17.5 Å². The monoisotopic (exact) mass is 343 g/mol. The second-order valence-electron chi connectivity index (χ2n) is 5.34. The van der Waals surface area contributed by atoms with Crippen LogP contribution in [0.15, 0.2) is 23.6 Å². The van der Waals surface area contributed by atoms with Gasteiger partial charge >= 0.3 is 5.69 Å². The van der Waals surface area contributed by atoms with E-state index in [0.717, 1.165) is 0 Å². The summed E-state index contributed by atoms with van der Waals surface area (Å²) in [5, 5.41) is 37.6. The van der Waals surface area contributed by atoms with Crippen LogP contribution in [0.3, 0.4) is 0 Å². The number of methoxy groups -OCH3 is 1. The molecular formula is C15H13N5O5. The number of aromatic nitrogens is 2. The molecule has 1 aliphatic rings. The highest BCUT2D eigenvalue weighted by Crippen LogP contribution is 2.46. The van der Waals surface area contributed by atoms with Gasteiger partial charge in [-0.3, -0.25) is 15.2 Å². The molecule has 1 atom stereocenters. The zero-order chi connectivity index (χ0) is 18.3. The molecule has 0 amide bonds. The van der Waals surface area contributed by atoms with Gasteiger partial charge in [0.25, 0.3) is 0 Å². The van der Waals surface area contributed by atoms with Crippen LogP contribution < -0.4 is 15.2 Å². The molecule has 0 spiro atoms. The van der Waals surface area contributed by atoms with Gasteiger partial charge in [-0.25, -0.2) is 0 Å². The summed E-state index contributed by atoms with van der Waals surface area (Å²) in [6, 6.07) is 4.49. The van der Waals surface area contributed by atoms with E-state index in [4.69, 9.17) is 15.2 Å². The summed E-state index contributed by atoms with van der Waals surface area (Å²) in [5.74, 6) is -1.43. The Morgan fingerprint density at radius 3 is 2.88 bits per heavy atom. The van der Waals surface area contributed by atoms with Gasteiger partial charge in [0.1, 0.15) is 11.6 Å². The summed E-state index contributed by atoms with van der Waals surface area (Å²) in [6.45, 7) is 1.72. The molecule has 0 unspecified atom stereocenters. The molecule has 1 aromatic heterocycles. The zero-order valence-electron chi connectivity index (χ0n) is 13.2. The Morgan fingerprint density at radius 1 is 1.56 bits per heavy atom. The second-order valence-corrected chi connectivity index (χ2v) is 5.34. The molecule has 2 aromatic rings. The third-order valence-electron chi connectivity index (χ3n) is 3.94. The lowest BCUT2D eigenvalue weighted by Crippen LogP contribution is -2.21. The summed E-state index contributed by atoms with van der Waals surface area (Å²) >= 11 is 0. The van der Waals surface area contributed by atoms with Gasteiger partial charge in [0.05, 0.1) is 18.0 Å². The highest BCUT2D eigenvalue weighted by Gasteiger charge is 2.36. The number of phenolic OH excluding ortho intramolecular Hbond substituents is 1. The first-order valence-corrected chi connectivity index (χ1v) is 7.06. The van der Waals surface area contributed by atoms with Crippen molar-refractivity contribution in [3.8, 4) is 23.4 Å². The lowest BCUT2D eigenvalue weighted by Gasteiger charge is -2.23. The number of allylic oxidation sites excluding steroid dienone is 1. The van der Waals surface area contributed by atoms with Gasteiger partial charge in [0, 0.05) is 17.3 Å². The van der Waals surface area contributed by atoms with Crippen molar-refractivity contribution in [2.75, 3.05) is 7.11 Å². The Kier molecular flexibility index (Phi) is 3.69. The van der Waals surface area contributed by atoms with E-state index in [1.54, 1.807) is 6.92 Å². The standard InChI is InChI=1S/C15H13N5O5/c1-6-11-12(8(5-16)14(17)25-15(11)19-18-6)7-3-9(20(22)23)13(24-2)10(21)4-7/h3-4,12,21H,17H2,1-2H3,(H,18,19)/t12-/m1/s1. The fraction of sp³-hybridized carbons (Fsp3) is 0.200. The molecule has 3 rings (SSSR count). The smallest absolute Gasteiger partial charge is 0.315 e. The minimum Gasteiger partial charge on any atom is -0.504 e. The van der Waals surface area contributed by atoms with Crippen molar-refractivity contribution in [2.45, 2.75) is 12.8 Å². The van der Waals surface area contributed by atoms with Crippen LogP contribution >= 0.6 is 0 Å². The number of hydrogen-bond donors (Lipinski definition) is 3. The molecule has 128 valence electrons. The zero-order valence-corrected chi connectivity index (χ0v) is 13.2. The largest absolute Gasteiger partial charge is 0.504 e. The first-order valence-electron chi connectivity index (χ1n) is 7.06. The molecule has 4 N–H and O–H groups in total. The molecule has 10 nitrogen and oxygen atoms in total. The van der Waals surface area contributed by atoms with E-state index in [-0.39, 0.29) is 23.1 Å². The van der Waals surface area contributed by atoms with Crippen LogP contribution in [0.2, 0.25) is 0 Å². The van der Waals surface area contributed by atoms with Gasteiger partial charge in [0.15, 0.2) is 5.75 Å². The third kappa shape index (κ3) is 2.38. The van der Waals surface area contributed by atoms with Crippen molar-refractivity contribution in [2.24, 2.45) is 5.73 Å². The molecule has 1 aliphatic heterocycles. The maximum Gasteiger partial charge on any atom is 0.315 e. The fourth-order valence-corrected chi connectivity index (χ4v) is 2.86. The number of nitro groups is 1. The molecule has 2 heterocycles. The quantitative estimate of drug-likeness (QED) is 0.559. The fourth-order valence-electron chi connectivity index (χ4n) is 2.86. The minimum atomic E-state index is -0.775. The summed E-state index contributed by atoms with van der Waals surface area (Å²) < 4.78 is 10.2. The number of ether oxygens (including phenoxy) is 2. The predicted octanol–water partition coefficient (Wildman–Crippen LogP) is 1.56. The first-order chi connectivity index (χ1) is 11.9. The molecule has 0 aliphatic carbocycles. The summed E-state index contributed by atoms with van der Waals surface area (Å²) in [6.07, 6.45) is 0. The lowest BCUT2D eigenvalue weighted by molar-refractivity contribution is -0.385. The highest BCUT2D eigenvalue weighted by atomic mass is 16.6. The van der Waals surface area contributed by atoms with Gasteiger partial charge in [-0.1, -0.05) is 0 Å². The van der Waals surface area contributed by atoms with Crippen LogP contribution in [-0.2, 0) is 0 Å². The van der Waals surface area contributed by atoms with E-state index in [2.05, 4.69) is 10.2 Å². The summed E-state index contributed by atoms with van der Waals surface area (Å²) in [7, 11) is 1.22. The number of phenols is 1. The average Bonchev–Trinajstić information content (AvgIpc) is 2.93. The van der Waals surface area contributed by atoms with Crippen LogP contribution in [-0.4, -0.2) is 27.3 Å². The SMILES string of the molecule is COc1c(O)cc([C@@H]2C(C#N)=C(N)Oc3n[nH]c(C)c32)cc1[N+](=O)[O-].